The van der Waals surface area contributed by atoms with Crippen molar-refractivity contribution in [2.24, 2.45) is 5.73 Å². The first-order chi connectivity index (χ1) is 9.22. The third kappa shape index (κ3) is 3.80. The number of benzene rings is 1. The smallest absolute Gasteiger partial charge is 0.0309 e. The van der Waals surface area contributed by atoms with Gasteiger partial charge in [-0.15, -0.1) is 0 Å². The topological polar surface area (TPSA) is 29.3 Å². The zero-order chi connectivity index (χ0) is 13.7. The highest BCUT2D eigenvalue weighted by atomic mass is 15.1. The summed E-state index contributed by atoms with van der Waals surface area (Å²) in [5.74, 6) is 0. The van der Waals surface area contributed by atoms with E-state index >= 15 is 0 Å². The molecule has 0 saturated heterocycles. The minimum absolute atomic E-state index is 0.177. The van der Waals surface area contributed by atoms with E-state index in [4.69, 9.17) is 5.73 Å². The lowest BCUT2D eigenvalue weighted by Crippen LogP contribution is -2.35. The maximum atomic E-state index is 6.37. The number of nitrogens with zero attached hydrogens (tertiary/aromatic N) is 1. The van der Waals surface area contributed by atoms with E-state index in [9.17, 15) is 0 Å². The Balaban J connectivity index is 1.88. The zero-order valence-electron chi connectivity index (χ0n) is 12.4. The second-order valence-electron chi connectivity index (χ2n) is 5.82. The average molecular weight is 260 g/mol. The van der Waals surface area contributed by atoms with Crippen LogP contribution in [0.5, 0.6) is 0 Å². The van der Waals surface area contributed by atoms with E-state index in [1.54, 1.807) is 0 Å². The standard InChI is InChI=1S/C17H28N2/c1-3-19(15-9-5-6-10-15)13-12-17(18)16-11-7-4-8-14(16)2/h4,7-8,11,15,17H,3,5-6,9-10,12-13,18H2,1-2H3. The van der Waals surface area contributed by atoms with Crippen molar-refractivity contribution in [2.75, 3.05) is 13.1 Å². The van der Waals surface area contributed by atoms with Gasteiger partial charge in [0.05, 0.1) is 0 Å². The van der Waals surface area contributed by atoms with Crippen molar-refractivity contribution < 1.29 is 0 Å². The Labute approximate surface area is 118 Å². The van der Waals surface area contributed by atoms with Gasteiger partial charge in [0.25, 0.3) is 0 Å². The lowest BCUT2D eigenvalue weighted by atomic mass is 9.99. The van der Waals surface area contributed by atoms with Crippen LogP contribution in [0, 0.1) is 6.92 Å². The van der Waals surface area contributed by atoms with Gasteiger partial charge in [-0.05, 0) is 43.9 Å². The molecular weight excluding hydrogens is 232 g/mol. The molecule has 19 heavy (non-hydrogen) atoms. The Morgan fingerprint density at radius 2 is 1.95 bits per heavy atom. The van der Waals surface area contributed by atoms with E-state index in [0.717, 1.165) is 25.6 Å². The Kier molecular flexibility index (Phi) is 5.41. The van der Waals surface area contributed by atoms with Crippen molar-refractivity contribution in [1.82, 2.24) is 4.90 Å². The molecule has 1 atom stereocenters. The second kappa shape index (κ2) is 7.06. The SMILES string of the molecule is CCN(CCC(N)c1ccccc1C)C1CCCC1. The minimum Gasteiger partial charge on any atom is -0.324 e. The van der Waals surface area contributed by atoms with Crippen LogP contribution in [0.2, 0.25) is 0 Å². The maximum absolute atomic E-state index is 6.37. The molecule has 1 aliphatic rings. The third-order valence-electron chi connectivity index (χ3n) is 4.56. The quantitative estimate of drug-likeness (QED) is 0.846. The normalized spacial score (nSPS) is 18.1. The van der Waals surface area contributed by atoms with Crippen molar-refractivity contribution in [3.63, 3.8) is 0 Å². The fourth-order valence-electron chi connectivity index (χ4n) is 3.33. The summed E-state index contributed by atoms with van der Waals surface area (Å²) in [7, 11) is 0. The van der Waals surface area contributed by atoms with Crippen LogP contribution in [0.25, 0.3) is 0 Å². The minimum atomic E-state index is 0.177. The first-order valence-corrected chi connectivity index (χ1v) is 7.77. The zero-order valence-corrected chi connectivity index (χ0v) is 12.4. The summed E-state index contributed by atoms with van der Waals surface area (Å²) in [6, 6.07) is 9.50. The van der Waals surface area contributed by atoms with E-state index in [1.807, 2.05) is 0 Å². The van der Waals surface area contributed by atoms with Crippen molar-refractivity contribution in [3.05, 3.63) is 35.4 Å². The van der Waals surface area contributed by atoms with Gasteiger partial charge < -0.3 is 10.6 Å². The largest absolute Gasteiger partial charge is 0.324 e. The summed E-state index contributed by atoms with van der Waals surface area (Å²) >= 11 is 0. The van der Waals surface area contributed by atoms with Crippen molar-refractivity contribution in [1.29, 1.82) is 0 Å². The lowest BCUT2D eigenvalue weighted by Gasteiger charge is -2.28. The molecule has 0 aromatic heterocycles. The van der Waals surface area contributed by atoms with Crippen molar-refractivity contribution >= 4 is 0 Å². The Morgan fingerprint density at radius 1 is 1.26 bits per heavy atom. The first kappa shape index (κ1) is 14.5. The monoisotopic (exact) mass is 260 g/mol. The number of aryl methyl sites for hydroxylation is 1. The Hall–Kier alpha value is -0.860. The summed E-state index contributed by atoms with van der Waals surface area (Å²) < 4.78 is 0. The molecule has 2 heteroatoms. The van der Waals surface area contributed by atoms with Crippen molar-refractivity contribution in [3.8, 4) is 0 Å². The predicted octanol–water partition coefficient (Wildman–Crippen LogP) is 3.65. The van der Waals surface area contributed by atoms with Crippen LogP contribution in [0.3, 0.4) is 0 Å². The molecule has 1 fully saturated rings. The molecule has 0 spiro atoms. The fourth-order valence-corrected chi connectivity index (χ4v) is 3.33. The Bertz CT molecular complexity index is 383. The summed E-state index contributed by atoms with van der Waals surface area (Å²) in [5, 5.41) is 0. The molecule has 0 heterocycles. The van der Waals surface area contributed by atoms with Crippen LogP contribution < -0.4 is 5.73 Å². The molecule has 0 aliphatic heterocycles. The van der Waals surface area contributed by atoms with Gasteiger partial charge in [0.15, 0.2) is 0 Å². The molecular formula is C17H28N2. The van der Waals surface area contributed by atoms with E-state index in [1.165, 1.54) is 36.8 Å². The van der Waals surface area contributed by atoms with Gasteiger partial charge in [-0.2, -0.15) is 0 Å². The van der Waals surface area contributed by atoms with Crippen LogP contribution in [-0.2, 0) is 0 Å². The van der Waals surface area contributed by atoms with Gasteiger partial charge in [-0.3, -0.25) is 0 Å². The van der Waals surface area contributed by atoms with Gasteiger partial charge in [0, 0.05) is 18.6 Å². The van der Waals surface area contributed by atoms with Gasteiger partial charge in [0.1, 0.15) is 0 Å². The summed E-state index contributed by atoms with van der Waals surface area (Å²) in [6.07, 6.45) is 6.64. The second-order valence-corrected chi connectivity index (χ2v) is 5.82. The average Bonchev–Trinajstić information content (AvgIpc) is 2.94. The van der Waals surface area contributed by atoms with Crippen LogP contribution in [0.15, 0.2) is 24.3 Å². The summed E-state index contributed by atoms with van der Waals surface area (Å²) in [5.41, 5.74) is 9.00. The third-order valence-corrected chi connectivity index (χ3v) is 4.56. The van der Waals surface area contributed by atoms with Crippen LogP contribution in [0.4, 0.5) is 0 Å². The van der Waals surface area contributed by atoms with Crippen LogP contribution in [0.1, 0.15) is 56.2 Å². The van der Waals surface area contributed by atoms with Gasteiger partial charge in [0.2, 0.25) is 0 Å². The fraction of sp³-hybridized carbons (Fsp3) is 0.647. The Morgan fingerprint density at radius 3 is 2.58 bits per heavy atom. The predicted molar refractivity (Wildman–Crippen MR) is 82.2 cm³/mol. The van der Waals surface area contributed by atoms with Crippen molar-refractivity contribution in [2.45, 2.75) is 58.0 Å². The first-order valence-electron chi connectivity index (χ1n) is 7.77. The molecule has 1 aliphatic carbocycles. The van der Waals surface area contributed by atoms with E-state index < -0.39 is 0 Å². The molecule has 106 valence electrons. The molecule has 1 aromatic carbocycles. The number of hydrogen-bond acceptors (Lipinski definition) is 2. The molecule has 1 unspecified atom stereocenters. The summed E-state index contributed by atoms with van der Waals surface area (Å²) in [6.45, 7) is 6.73. The molecule has 0 radical (unpaired) electrons. The lowest BCUT2D eigenvalue weighted by molar-refractivity contribution is 0.201. The maximum Gasteiger partial charge on any atom is 0.0309 e. The highest BCUT2D eigenvalue weighted by Crippen LogP contribution is 2.25. The van der Waals surface area contributed by atoms with Crippen LogP contribution >= 0.6 is 0 Å². The highest BCUT2D eigenvalue weighted by molar-refractivity contribution is 5.28. The molecule has 2 nitrogen and oxygen atoms in total. The molecule has 0 amide bonds. The van der Waals surface area contributed by atoms with E-state index in [2.05, 4.69) is 43.0 Å². The summed E-state index contributed by atoms with van der Waals surface area (Å²) in [4.78, 5) is 2.63. The van der Waals surface area contributed by atoms with Crippen LogP contribution in [-0.4, -0.2) is 24.0 Å². The van der Waals surface area contributed by atoms with Gasteiger partial charge in [-0.1, -0.05) is 44.0 Å². The molecule has 2 N–H and O–H groups in total. The molecule has 1 aromatic rings. The number of nitrogens with two attached hydrogens (primary N) is 1. The van der Waals surface area contributed by atoms with E-state index in [0.29, 0.717) is 0 Å². The number of hydrogen-bond donors (Lipinski definition) is 1. The number of rotatable bonds is 6. The molecule has 1 saturated carbocycles. The highest BCUT2D eigenvalue weighted by Gasteiger charge is 2.21. The van der Waals surface area contributed by atoms with E-state index in [-0.39, 0.29) is 6.04 Å². The van der Waals surface area contributed by atoms with Gasteiger partial charge in [-0.25, -0.2) is 0 Å². The molecule has 0 bridgehead atoms. The molecule has 2 rings (SSSR count). The van der Waals surface area contributed by atoms with Gasteiger partial charge >= 0.3 is 0 Å².